The molecule has 0 amide bonds. The molecule has 2 rings (SSSR count). The van der Waals surface area contributed by atoms with Crippen LogP contribution in [0.3, 0.4) is 0 Å². The summed E-state index contributed by atoms with van der Waals surface area (Å²) in [5.74, 6) is -0.166. The second-order valence-electron chi connectivity index (χ2n) is 4.51. The number of piperidine rings is 1. The SMILES string of the molecule is NCC(c1ccc(Br)cc1F)N1CCCCC1. The standard InChI is InChI=1S/C13H18BrFN2/c14-10-4-5-11(12(15)8-10)13(9-16)17-6-2-1-3-7-17/h4-5,8,13H,1-3,6-7,9,16H2. The zero-order valence-electron chi connectivity index (χ0n) is 9.83. The van der Waals surface area contributed by atoms with Crippen molar-refractivity contribution in [3.8, 4) is 0 Å². The van der Waals surface area contributed by atoms with Crippen LogP contribution >= 0.6 is 15.9 Å². The quantitative estimate of drug-likeness (QED) is 0.929. The lowest BCUT2D eigenvalue weighted by Crippen LogP contribution is -2.37. The summed E-state index contributed by atoms with van der Waals surface area (Å²) in [5, 5.41) is 0. The average Bonchev–Trinajstić information content (AvgIpc) is 2.34. The summed E-state index contributed by atoms with van der Waals surface area (Å²) in [4.78, 5) is 2.30. The van der Waals surface area contributed by atoms with Crippen LogP contribution in [0.4, 0.5) is 4.39 Å². The monoisotopic (exact) mass is 300 g/mol. The minimum atomic E-state index is -0.166. The van der Waals surface area contributed by atoms with E-state index in [1.807, 2.05) is 12.1 Å². The first-order valence-corrected chi connectivity index (χ1v) is 6.90. The number of nitrogens with two attached hydrogens (primary N) is 1. The zero-order valence-corrected chi connectivity index (χ0v) is 11.4. The Labute approximate surface area is 110 Å². The van der Waals surface area contributed by atoms with Crippen LogP contribution in [-0.4, -0.2) is 24.5 Å². The number of rotatable bonds is 3. The summed E-state index contributed by atoms with van der Waals surface area (Å²) in [5.41, 5.74) is 6.54. The van der Waals surface area contributed by atoms with Gasteiger partial charge in [-0.25, -0.2) is 4.39 Å². The fourth-order valence-electron chi connectivity index (χ4n) is 2.47. The fraction of sp³-hybridized carbons (Fsp3) is 0.538. The summed E-state index contributed by atoms with van der Waals surface area (Å²) in [6.45, 7) is 2.52. The smallest absolute Gasteiger partial charge is 0.129 e. The topological polar surface area (TPSA) is 29.3 Å². The lowest BCUT2D eigenvalue weighted by Gasteiger charge is -2.34. The molecule has 0 aromatic heterocycles. The maximum atomic E-state index is 13.9. The first-order valence-electron chi connectivity index (χ1n) is 6.11. The summed E-state index contributed by atoms with van der Waals surface area (Å²) >= 11 is 3.28. The van der Waals surface area contributed by atoms with Gasteiger partial charge in [-0.15, -0.1) is 0 Å². The molecule has 2 nitrogen and oxygen atoms in total. The third kappa shape index (κ3) is 3.06. The largest absolute Gasteiger partial charge is 0.329 e. The Morgan fingerprint density at radius 2 is 2.00 bits per heavy atom. The van der Waals surface area contributed by atoms with Gasteiger partial charge in [-0.2, -0.15) is 0 Å². The highest BCUT2D eigenvalue weighted by Gasteiger charge is 2.23. The predicted molar refractivity (Wildman–Crippen MR) is 71.3 cm³/mol. The normalized spacial score (nSPS) is 19.2. The Bertz CT molecular complexity index is 378. The molecule has 1 aromatic carbocycles. The summed E-state index contributed by atoms with van der Waals surface area (Å²) in [6, 6.07) is 5.25. The van der Waals surface area contributed by atoms with Crippen LogP contribution in [-0.2, 0) is 0 Å². The van der Waals surface area contributed by atoms with Crippen molar-refractivity contribution in [2.75, 3.05) is 19.6 Å². The molecule has 1 aliphatic rings. The van der Waals surface area contributed by atoms with Gasteiger partial charge < -0.3 is 5.73 Å². The van der Waals surface area contributed by atoms with Gasteiger partial charge in [0.1, 0.15) is 5.82 Å². The van der Waals surface area contributed by atoms with Gasteiger partial charge in [0.15, 0.2) is 0 Å². The zero-order chi connectivity index (χ0) is 12.3. The Morgan fingerprint density at radius 1 is 1.29 bits per heavy atom. The molecule has 2 N–H and O–H groups in total. The summed E-state index contributed by atoms with van der Waals surface area (Å²) < 4.78 is 14.7. The van der Waals surface area contributed by atoms with E-state index in [0.717, 1.165) is 23.1 Å². The van der Waals surface area contributed by atoms with E-state index < -0.39 is 0 Å². The van der Waals surface area contributed by atoms with Gasteiger partial charge in [-0.05, 0) is 38.1 Å². The van der Waals surface area contributed by atoms with Crippen molar-refractivity contribution < 1.29 is 4.39 Å². The molecule has 1 fully saturated rings. The van der Waals surface area contributed by atoms with Crippen LogP contribution < -0.4 is 5.73 Å². The molecule has 0 saturated carbocycles. The highest BCUT2D eigenvalue weighted by Crippen LogP contribution is 2.27. The van der Waals surface area contributed by atoms with E-state index in [9.17, 15) is 4.39 Å². The highest BCUT2D eigenvalue weighted by atomic mass is 79.9. The van der Waals surface area contributed by atoms with Gasteiger partial charge in [0, 0.05) is 22.6 Å². The molecule has 1 saturated heterocycles. The van der Waals surface area contributed by atoms with Crippen molar-refractivity contribution in [2.24, 2.45) is 5.73 Å². The average molecular weight is 301 g/mol. The van der Waals surface area contributed by atoms with E-state index in [4.69, 9.17) is 5.73 Å². The highest BCUT2D eigenvalue weighted by molar-refractivity contribution is 9.10. The van der Waals surface area contributed by atoms with Gasteiger partial charge in [0.25, 0.3) is 0 Å². The maximum absolute atomic E-state index is 13.9. The molecule has 1 aliphatic heterocycles. The molecule has 94 valence electrons. The Balaban J connectivity index is 2.21. The molecule has 1 unspecified atom stereocenters. The van der Waals surface area contributed by atoms with Crippen molar-refractivity contribution in [2.45, 2.75) is 25.3 Å². The van der Waals surface area contributed by atoms with Crippen LogP contribution in [0.15, 0.2) is 22.7 Å². The molecule has 1 aromatic rings. The van der Waals surface area contributed by atoms with Gasteiger partial charge in [0.05, 0.1) is 0 Å². The number of hydrogen-bond acceptors (Lipinski definition) is 2. The van der Waals surface area contributed by atoms with E-state index in [0.29, 0.717) is 6.54 Å². The van der Waals surface area contributed by atoms with Crippen molar-refractivity contribution in [1.29, 1.82) is 0 Å². The van der Waals surface area contributed by atoms with Gasteiger partial charge in [-0.1, -0.05) is 28.4 Å². The van der Waals surface area contributed by atoms with Crippen molar-refractivity contribution in [3.05, 3.63) is 34.1 Å². The molecule has 4 heteroatoms. The molecule has 17 heavy (non-hydrogen) atoms. The van der Waals surface area contributed by atoms with E-state index in [2.05, 4.69) is 20.8 Å². The summed E-state index contributed by atoms with van der Waals surface area (Å²) in [6.07, 6.45) is 3.65. The Morgan fingerprint density at radius 3 is 2.59 bits per heavy atom. The Kier molecular flexibility index (Phi) is 4.54. The van der Waals surface area contributed by atoms with Gasteiger partial charge in [-0.3, -0.25) is 4.90 Å². The lowest BCUT2D eigenvalue weighted by atomic mass is 10.0. The van der Waals surface area contributed by atoms with Crippen LogP contribution in [0.1, 0.15) is 30.9 Å². The third-order valence-electron chi connectivity index (χ3n) is 3.38. The van der Waals surface area contributed by atoms with E-state index in [1.165, 1.54) is 25.3 Å². The van der Waals surface area contributed by atoms with E-state index in [1.54, 1.807) is 0 Å². The van der Waals surface area contributed by atoms with E-state index >= 15 is 0 Å². The molecule has 1 atom stereocenters. The molecule has 0 radical (unpaired) electrons. The minimum absolute atomic E-state index is 0.0170. The van der Waals surface area contributed by atoms with E-state index in [-0.39, 0.29) is 11.9 Å². The van der Waals surface area contributed by atoms with Crippen molar-refractivity contribution >= 4 is 15.9 Å². The molecule has 0 bridgehead atoms. The van der Waals surface area contributed by atoms with Crippen molar-refractivity contribution in [3.63, 3.8) is 0 Å². The van der Waals surface area contributed by atoms with Crippen LogP contribution in [0, 0.1) is 5.82 Å². The summed E-state index contributed by atoms with van der Waals surface area (Å²) in [7, 11) is 0. The third-order valence-corrected chi connectivity index (χ3v) is 3.87. The fourth-order valence-corrected chi connectivity index (χ4v) is 2.81. The molecule has 0 spiro atoms. The second kappa shape index (κ2) is 5.94. The minimum Gasteiger partial charge on any atom is -0.329 e. The number of hydrogen-bond donors (Lipinski definition) is 1. The maximum Gasteiger partial charge on any atom is 0.129 e. The lowest BCUT2D eigenvalue weighted by molar-refractivity contribution is 0.164. The first kappa shape index (κ1) is 13.0. The number of nitrogens with zero attached hydrogens (tertiary/aromatic N) is 1. The second-order valence-corrected chi connectivity index (χ2v) is 5.43. The predicted octanol–water partition coefficient (Wildman–Crippen LogP) is 3.07. The molecular formula is C13H18BrFN2. The van der Waals surface area contributed by atoms with Gasteiger partial charge >= 0.3 is 0 Å². The number of likely N-dealkylation sites (tertiary alicyclic amines) is 1. The van der Waals surface area contributed by atoms with Crippen molar-refractivity contribution in [1.82, 2.24) is 4.90 Å². The molecule has 1 heterocycles. The van der Waals surface area contributed by atoms with Gasteiger partial charge in [0.2, 0.25) is 0 Å². The number of halogens is 2. The first-order chi connectivity index (χ1) is 8.22. The number of benzene rings is 1. The van der Waals surface area contributed by atoms with Crippen LogP contribution in [0.2, 0.25) is 0 Å². The molecule has 0 aliphatic carbocycles. The van der Waals surface area contributed by atoms with Crippen LogP contribution in [0.5, 0.6) is 0 Å². The molecular weight excluding hydrogens is 283 g/mol. The van der Waals surface area contributed by atoms with Crippen LogP contribution in [0.25, 0.3) is 0 Å². The Hall–Kier alpha value is -0.450.